The van der Waals surface area contributed by atoms with Crippen molar-refractivity contribution in [2.75, 3.05) is 20.3 Å². The molecule has 2 saturated heterocycles. The van der Waals surface area contributed by atoms with Crippen LogP contribution in [0.4, 0.5) is 0 Å². The van der Waals surface area contributed by atoms with Crippen molar-refractivity contribution in [1.29, 1.82) is 0 Å². The summed E-state index contributed by atoms with van der Waals surface area (Å²) in [4.78, 5) is 0. The Balaban J connectivity index is 0.000000924. The van der Waals surface area contributed by atoms with Crippen molar-refractivity contribution in [3.05, 3.63) is 35.9 Å². The van der Waals surface area contributed by atoms with Crippen molar-refractivity contribution < 1.29 is 23.7 Å². The van der Waals surface area contributed by atoms with Crippen LogP contribution in [0, 0.1) is 0 Å². The molecule has 0 saturated carbocycles. The average Bonchev–Trinajstić information content (AvgIpc) is 2.56. The number of benzene rings is 1. The lowest BCUT2D eigenvalue weighted by Crippen LogP contribution is -2.48. The molecule has 0 bridgehead atoms. The van der Waals surface area contributed by atoms with E-state index in [0.29, 0.717) is 6.61 Å². The van der Waals surface area contributed by atoms with Gasteiger partial charge in [0.05, 0.1) is 12.7 Å². The molecule has 0 amide bonds. The van der Waals surface area contributed by atoms with E-state index in [4.69, 9.17) is 23.7 Å². The van der Waals surface area contributed by atoms with Gasteiger partial charge in [-0.15, -0.1) is 0 Å². The molecule has 1 aromatic rings. The van der Waals surface area contributed by atoms with Crippen LogP contribution in [0.3, 0.4) is 0 Å². The summed E-state index contributed by atoms with van der Waals surface area (Å²) in [6.45, 7) is 7.25. The molecule has 0 N–H and O–H groups in total. The third-order valence-corrected chi connectivity index (χ3v) is 3.92. The summed E-state index contributed by atoms with van der Waals surface area (Å²) in [5, 5.41) is 0. The predicted octanol–water partition coefficient (Wildman–Crippen LogP) is 3.29. The Kier molecular flexibility index (Phi) is 7.46. The van der Waals surface area contributed by atoms with Gasteiger partial charge in [0.15, 0.2) is 12.6 Å². The number of hydrogen-bond acceptors (Lipinski definition) is 5. The van der Waals surface area contributed by atoms with Crippen LogP contribution in [0.15, 0.2) is 30.3 Å². The molecule has 3 rings (SSSR count). The van der Waals surface area contributed by atoms with Gasteiger partial charge in [0, 0.05) is 25.7 Å². The summed E-state index contributed by atoms with van der Waals surface area (Å²) in [7, 11) is 1.63. The largest absolute Gasteiger partial charge is 0.373 e. The Morgan fingerprint density at radius 3 is 2.35 bits per heavy atom. The summed E-state index contributed by atoms with van der Waals surface area (Å²) in [5.74, 6) is 0. The molecule has 0 aromatic heterocycles. The highest BCUT2D eigenvalue weighted by Gasteiger charge is 2.36. The van der Waals surface area contributed by atoms with E-state index < -0.39 is 0 Å². The van der Waals surface area contributed by atoms with E-state index in [1.807, 2.05) is 51.1 Å². The molecule has 0 spiro atoms. The van der Waals surface area contributed by atoms with Gasteiger partial charge < -0.3 is 23.7 Å². The highest BCUT2D eigenvalue weighted by atomic mass is 16.7. The Hall–Kier alpha value is -0.980. The minimum Gasteiger partial charge on any atom is -0.373 e. The van der Waals surface area contributed by atoms with Gasteiger partial charge >= 0.3 is 0 Å². The van der Waals surface area contributed by atoms with E-state index in [9.17, 15) is 0 Å². The molecule has 1 aromatic carbocycles. The highest BCUT2D eigenvalue weighted by Crippen LogP contribution is 2.29. The van der Waals surface area contributed by atoms with Crippen LogP contribution in [0.2, 0.25) is 0 Å². The smallest absolute Gasteiger partial charge is 0.184 e. The van der Waals surface area contributed by atoms with Gasteiger partial charge in [0.25, 0.3) is 0 Å². The minimum absolute atomic E-state index is 0.0223. The topological polar surface area (TPSA) is 46.2 Å². The number of ether oxygens (including phenoxy) is 5. The fourth-order valence-electron chi connectivity index (χ4n) is 2.51. The first-order valence-electron chi connectivity index (χ1n) is 8.40. The number of methoxy groups -OCH3 is 1. The van der Waals surface area contributed by atoms with Crippen LogP contribution >= 0.6 is 0 Å². The molecular weight excluding hydrogens is 296 g/mol. The molecule has 5 nitrogen and oxygen atoms in total. The van der Waals surface area contributed by atoms with Crippen molar-refractivity contribution in [3.63, 3.8) is 0 Å². The lowest BCUT2D eigenvalue weighted by Gasteiger charge is -2.39. The molecule has 23 heavy (non-hydrogen) atoms. The number of hydrogen-bond donors (Lipinski definition) is 0. The van der Waals surface area contributed by atoms with Gasteiger partial charge in [-0.1, -0.05) is 44.2 Å². The molecule has 130 valence electrons. The van der Waals surface area contributed by atoms with E-state index >= 15 is 0 Å². The van der Waals surface area contributed by atoms with Crippen LogP contribution in [-0.4, -0.2) is 44.9 Å². The first-order valence-corrected chi connectivity index (χ1v) is 8.40. The quantitative estimate of drug-likeness (QED) is 0.778. The molecule has 2 aliphatic rings. The standard InChI is InChI=1S/C16H22O5.C2H6/c1-11-14(21-16(17-2)13-8-9-18-13)10-19-15(20-11)12-6-4-3-5-7-12;1-2/h3-7,11,13-16H,8-10H2,1-2H3;1-2H3/t11-,13?,14?,15+,16-;/m0./s1. The zero-order chi connectivity index (χ0) is 16.7. The van der Waals surface area contributed by atoms with Crippen molar-refractivity contribution in [3.8, 4) is 0 Å². The first kappa shape index (κ1) is 18.4. The van der Waals surface area contributed by atoms with Crippen molar-refractivity contribution in [2.45, 2.75) is 58.1 Å². The van der Waals surface area contributed by atoms with Gasteiger partial charge in [-0.05, 0) is 6.92 Å². The van der Waals surface area contributed by atoms with Crippen LogP contribution in [0.5, 0.6) is 0 Å². The Bertz CT molecular complexity index is 434. The third kappa shape index (κ3) is 4.75. The Labute approximate surface area is 138 Å². The van der Waals surface area contributed by atoms with E-state index in [2.05, 4.69) is 0 Å². The van der Waals surface area contributed by atoms with Crippen LogP contribution in [0.25, 0.3) is 0 Å². The molecule has 5 atom stereocenters. The summed E-state index contributed by atoms with van der Waals surface area (Å²) in [6.07, 6.45) is 0.0806. The zero-order valence-electron chi connectivity index (χ0n) is 14.4. The molecule has 5 heteroatoms. The Morgan fingerprint density at radius 2 is 1.83 bits per heavy atom. The molecule has 2 aliphatic heterocycles. The molecule has 0 aliphatic carbocycles. The molecule has 2 heterocycles. The van der Waals surface area contributed by atoms with Gasteiger partial charge in [0.2, 0.25) is 0 Å². The molecule has 0 radical (unpaired) electrons. The second-order valence-corrected chi connectivity index (χ2v) is 5.39. The minimum atomic E-state index is -0.355. The Morgan fingerprint density at radius 1 is 1.13 bits per heavy atom. The predicted molar refractivity (Wildman–Crippen MR) is 87.1 cm³/mol. The van der Waals surface area contributed by atoms with E-state index in [1.165, 1.54) is 0 Å². The summed E-state index contributed by atoms with van der Waals surface area (Å²) in [6, 6.07) is 9.93. The average molecular weight is 324 g/mol. The fraction of sp³-hybridized carbons (Fsp3) is 0.667. The maximum absolute atomic E-state index is 5.94. The number of rotatable bonds is 5. The second kappa shape index (κ2) is 9.35. The second-order valence-electron chi connectivity index (χ2n) is 5.39. The van der Waals surface area contributed by atoms with Crippen molar-refractivity contribution in [2.24, 2.45) is 0 Å². The molecule has 2 fully saturated rings. The molecular formula is C18H28O5. The zero-order valence-corrected chi connectivity index (χ0v) is 14.4. The highest BCUT2D eigenvalue weighted by molar-refractivity contribution is 5.16. The van der Waals surface area contributed by atoms with Gasteiger partial charge in [-0.3, -0.25) is 0 Å². The van der Waals surface area contributed by atoms with Crippen LogP contribution < -0.4 is 0 Å². The monoisotopic (exact) mass is 324 g/mol. The van der Waals surface area contributed by atoms with Gasteiger partial charge in [0.1, 0.15) is 12.2 Å². The summed E-state index contributed by atoms with van der Waals surface area (Å²) >= 11 is 0. The maximum atomic E-state index is 5.94. The fourth-order valence-corrected chi connectivity index (χ4v) is 2.51. The van der Waals surface area contributed by atoms with Crippen molar-refractivity contribution in [1.82, 2.24) is 0 Å². The van der Waals surface area contributed by atoms with E-state index in [-0.39, 0.29) is 30.9 Å². The lowest BCUT2D eigenvalue weighted by atomic mass is 10.1. The van der Waals surface area contributed by atoms with Crippen molar-refractivity contribution >= 4 is 0 Å². The van der Waals surface area contributed by atoms with E-state index in [0.717, 1.165) is 18.6 Å². The normalized spacial score (nSPS) is 31.5. The molecule has 2 unspecified atom stereocenters. The van der Waals surface area contributed by atoms with Crippen LogP contribution in [-0.2, 0) is 23.7 Å². The van der Waals surface area contributed by atoms with E-state index in [1.54, 1.807) is 7.11 Å². The maximum Gasteiger partial charge on any atom is 0.184 e. The lowest BCUT2D eigenvalue weighted by molar-refractivity contribution is -0.311. The first-order chi connectivity index (χ1) is 11.3. The van der Waals surface area contributed by atoms with Gasteiger partial charge in [-0.2, -0.15) is 0 Å². The third-order valence-electron chi connectivity index (χ3n) is 3.92. The summed E-state index contributed by atoms with van der Waals surface area (Å²) in [5.41, 5.74) is 1.02. The van der Waals surface area contributed by atoms with Gasteiger partial charge in [-0.25, -0.2) is 0 Å². The van der Waals surface area contributed by atoms with Crippen LogP contribution in [0.1, 0.15) is 39.0 Å². The summed E-state index contributed by atoms with van der Waals surface area (Å²) < 4.78 is 28.4. The SMILES string of the molecule is CC.CO[C@@H](OC1CO[C@@H](c2ccccc2)O[C@H]1C)C1CCO1.